The highest BCUT2D eigenvalue weighted by Gasteiger charge is 2.54. The predicted molar refractivity (Wildman–Crippen MR) is 113 cm³/mol. The molecule has 0 spiro atoms. The van der Waals surface area contributed by atoms with Gasteiger partial charge in [0.1, 0.15) is 6.61 Å². The minimum atomic E-state index is 0.0383. The van der Waals surface area contributed by atoms with Crippen molar-refractivity contribution in [1.29, 1.82) is 0 Å². The van der Waals surface area contributed by atoms with E-state index >= 15 is 0 Å². The summed E-state index contributed by atoms with van der Waals surface area (Å²) in [7, 11) is 5.88. The van der Waals surface area contributed by atoms with E-state index in [2.05, 4.69) is 38.8 Å². The molecule has 1 aromatic carbocycles. The number of hydrogen-bond acceptors (Lipinski definition) is 5. The van der Waals surface area contributed by atoms with Crippen LogP contribution in [0.4, 0.5) is 0 Å². The third-order valence-electron chi connectivity index (χ3n) is 7.43. The zero-order valence-corrected chi connectivity index (χ0v) is 18.5. The van der Waals surface area contributed by atoms with E-state index in [9.17, 15) is 0 Å². The number of piperidine rings is 1. The predicted octanol–water partition coefficient (Wildman–Crippen LogP) is 3.36. The van der Waals surface area contributed by atoms with Gasteiger partial charge in [0.25, 0.3) is 0 Å². The van der Waals surface area contributed by atoms with Gasteiger partial charge in [-0.2, -0.15) is 0 Å². The van der Waals surface area contributed by atoms with Gasteiger partial charge in [-0.25, -0.2) is 0 Å². The first-order valence-corrected chi connectivity index (χ1v) is 10.6. The quantitative estimate of drug-likeness (QED) is 0.807. The molecule has 1 aromatic rings. The van der Waals surface area contributed by atoms with E-state index in [0.717, 1.165) is 30.9 Å². The largest absolute Gasteiger partial charge is 0.493 e. The standard InChI is InChI=1S/C23H38N2O3/c1-15-7-8-19(28-12-10-24)22(27-6)21(15)23-9-11-25(4)17(3)18(23)13-16(2)20(14-23)26-5/h7-8,16-18,20H,9-14,24H2,1-6H3. The van der Waals surface area contributed by atoms with Crippen LogP contribution in [-0.2, 0) is 10.2 Å². The summed E-state index contributed by atoms with van der Waals surface area (Å²) in [6.45, 7) is 8.99. The van der Waals surface area contributed by atoms with Gasteiger partial charge in [-0.1, -0.05) is 13.0 Å². The van der Waals surface area contributed by atoms with Crippen molar-refractivity contribution in [3.63, 3.8) is 0 Å². The molecule has 0 radical (unpaired) electrons. The molecule has 5 atom stereocenters. The third-order valence-corrected chi connectivity index (χ3v) is 7.43. The molecule has 1 saturated heterocycles. The van der Waals surface area contributed by atoms with Crippen LogP contribution in [0, 0.1) is 18.8 Å². The van der Waals surface area contributed by atoms with E-state index in [0.29, 0.717) is 31.0 Å². The Morgan fingerprint density at radius 1 is 1.25 bits per heavy atom. The van der Waals surface area contributed by atoms with Gasteiger partial charge in [0, 0.05) is 30.7 Å². The molecule has 5 unspecified atom stereocenters. The second kappa shape index (κ2) is 8.60. The topological polar surface area (TPSA) is 57.0 Å². The van der Waals surface area contributed by atoms with Crippen molar-refractivity contribution in [1.82, 2.24) is 4.90 Å². The van der Waals surface area contributed by atoms with Crippen molar-refractivity contribution in [2.45, 2.75) is 57.6 Å². The highest BCUT2D eigenvalue weighted by Crippen LogP contribution is 2.57. The van der Waals surface area contributed by atoms with Gasteiger partial charge in [-0.3, -0.25) is 0 Å². The maximum absolute atomic E-state index is 5.99. The molecule has 5 nitrogen and oxygen atoms in total. The van der Waals surface area contributed by atoms with Crippen LogP contribution in [0.2, 0.25) is 0 Å². The Balaban J connectivity index is 2.16. The Kier molecular flexibility index (Phi) is 6.58. The van der Waals surface area contributed by atoms with Crippen LogP contribution in [0.1, 0.15) is 44.2 Å². The monoisotopic (exact) mass is 390 g/mol. The Hall–Kier alpha value is -1.30. The fourth-order valence-corrected chi connectivity index (χ4v) is 5.82. The van der Waals surface area contributed by atoms with Crippen LogP contribution in [0.15, 0.2) is 12.1 Å². The van der Waals surface area contributed by atoms with Gasteiger partial charge in [-0.15, -0.1) is 0 Å². The van der Waals surface area contributed by atoms with Crippen molar-refractivity contribution in [3.05, 3.63) is 23.3 Å². The molecule has 0 aromatic heterocycles. The van der Waals surface area contributed by atoms with Gasteiger partial charge in [-0.05, 0) is 70.2 Å². The maximum Gasteiger partial charge on any atom is 0.164 e. The van der Waals surface area contributed by atoms with Crippen LogP contribution in [0.25, 0.3) is 0 Å². The lowest BCUT2D eigenvalue weighted by molar-refractivity contribution is -0.0690. The Bertz CT molecular complexity index is 680. The van der Waals surface area contributed by atoms with Gasteiger partial charge in [0.05, 0.1) is 13.2 Å². The van der Waals surface area contributed by atoms with Crippen LogP contribution < -0.4 is 15.2 Å². The number of fused-ring (bicyclic) bond motifs is 1. The molecule has 1 saturated carbocycles. The zero-order chi connectivity index (χ0) is 20.5. The third kappa shape index (κ3) is 3.53. The molecule has 2 aliphatic rings. The zero-order valence-electron chi connectivity index (χ0n) is 18.5. The number of nitrogens with two attached hydrogens (primary N) is 1. The van der Waals surface area contributed by atoms with Gasteiger partial charge >= 0.3 is 0 Å². The average molecular weight is 391 g/mol. The van der Waals surface area contributed by atoms with E-state index < -0.39 is 0 Å². The second-order valence-electron chi connectivity index (χ2n) is 8.85. The number of hydrogen-bond donors (Lipinski definition) is 1. The van der Waals surface area contributed by atoms with E-state index in [4.69, 9.17) is 19.9 Å². The molecule has 2 N–H and O–H groups in total. The van der Waals surface area contributed by atoms with Crippen LogP contribution in [0.3, 0.4) is 0 Å². The summed E-state index contributed by atoms with van der Waals surface area (Å²) in [4.78, 5) is 2.51. The summed E-state index contributed by atoms with van der Waals surface area (Å²) in [6.07, 6.45) is 3.58. The second-order valence-corrected chi connectivity index (χ2v) is 8.85. The van der Waals surface area contributed by atoms with Crippen molar-refractivity contribution >= 4 is 0 Å². The first-order valence-electron chi connectivity index (χ1n) is 10.6. The van der Waals surface area contributed by atoms with Gasteiger partial charge in [0.2, 0.25) is 0 Å². The highest BCUT2D eigenvalue weighted by molar-refractivity contribution is 5.55. The molecular formula is C23H38N2O3. The van der Waals surface area contributed by atoms with Crippen molar-refractivity contribution in [2.75, 3.05) is 41.0 Å². The molecule has 0 bridgehead atoms. The number of rotatable bonds is 6. The molecule has 1 aliphatic carbocycles. The van der Waals surface area contributed by atoms with Crippen LogP contribution in [0.5, 0.6) is 11.5 Å². The lowest BCUT2D eigenvalue weighted by atomic mass is 9.53. The molecule has 1 aliphatic heterocycles. The summed E-state index contributed by atoms with van der Waals surface area (Å²) in [5.41, 5.74) is 8.32. The van der Waals surface area contributed by atoms with Gasteiger partial charge in [0.15, 0.2) is 11.5 Å². The summed E-state index contributed by atoms with van der Waals surface area (Å²) in [6, 6.07) is 4.72. The van der Waals surface area contributed by atoms with Crippen LogP contribution >= 0.6 is 0 Å². The molecule has 28 heavy (non-hydrogen) atoms. The molecule has 2 fully saturated rings. The molecule has 0 amide bonds. The van der Waals surface area contributed by atoms with E-state index in [-0.39, 0.29) is 11.5 Å². The lowest BCUT2D eigenvalue weighted by Gasteiger charge is -2.57. The van der Waals surface area contributed by atoms with Crippen molar-refractivity contribution in [2.24, 2.45) is 17.6 Å². The number of ether oxygens (including phenoxy) is 3. The fraction of sp³-hybridized carbons (Fsp3) is 0.739. The van der Waals surface area contributed by atoms with E-state index in [1.54, 1.807) is 7.11 Å². The Morgan fingerprint density at radius 3 is 2.64 bits per heavy atom. The summed E-state index contributed by atoms with van der Waals surface area (Å²) in [5.74, 6) is 2.81. The number of benzene rings is 1. The number of nitrogens with zero attached hydrogens (tertiary/aromatic N) is 1. The average Bonchev–Trinajstić information content (AvgIpc) is 2.70. The van der Waals surface area contributed by atoms with Crippen molar-refractivity contribution < 1.29 is 14.2 Å². The van der Waals surface area contributed by atoms with E-state index in [1.165, 1.54) is 17.5 Å². The molecule has 1 heterocycles. The summed E-state index contributed by atoms with van der Waals surface area (Å²) < 4.78 is 17.9. The summed E-state index contributed by atoms with van der Waals surface area (Å²) in [5, 5.41) is 0. The first kappa shape index (κ1) is 21.4. The number of aryl methyl sites for hydroxylation is 1. The Morgan fingerprint density at radius 2 is 2.00 bits per heavy atom. The Labute approximate surface area is 170 Å². The first-order chi connectivity index (χ1) is 13.4. The molecular weight excluding hydrogens is 352 g/mol. The smallest absolute Gasteiger partial charge is 0.164 e. The highest BCUT2D eigenvalue weighted by atomic mass is 16.5. The van der Waals surface area contributed by atoms with E-state index in [1.807, 2.05) is 13.2 Å². The fourth-order valence-electron chi connectivity index (χ4n) is 5.82. The molecule has 3 rings (SSSR count). The minimum absolute atomic E-state index is 0.0383. The lowest BCUT2D eigenvalue weighted by Crippen LogP contribution is -2.59. The summed E-state index contributed by atoms with van der Waals surface area (Å²) >= 11 is 0. The van der Waals surface area contributed by atoms with Gasteiger partial charge < -0.3 is 24.8 Å². The maximum atomic E-state index is 5.99. The number of likely N-dealkylation sites (tertiary alicyclic amines) is 1. The SMILES string of the molecule is COc1c(OCCN)ccc(C)c1C12CCN(C)C(C)C1CC(C)C(OC)C2. The minimum Gasteiger partial charge on any atom is -0.493 e. The normalized spacial score (nSPS) is 33.4. The molecule has 158 valence electrons. The number of methoxy groups -OCH3 is 2. The van der Waals surface area contributed by atoms with Crippen LogP contribution in [-0.4, -0.2) is 58.0 Å². The van der Waals surface area contributed by atoms with Crippen molar-refractivity contribution in [3.8, 4) is 11.5 Å². The molecule has 5 heteroatoms.